The standard InChI is InChI=1S/C13H11ClN2O3/c1-8(17)16-10(12-4-5-13(14)19-12)7-9(15-16)11-3-2-6-18-11/h2-7,10,15H,1H3/t10-/m1/s1. The Balaban J connectivity index is 1.97. The van der Waals surface area contributed by atoms with Crippen LogP contribution >= 0.6 is 11.6 Å². The zero-order chi connectivity index (χ0) is 13.4. The van der Waals surface area contributed by atoms with Crippen LogP contribution in [0, 0.1) is 0 Å². The summed E-state index contributed by atoms with van der Waals surface area (Å²) in [5.74, 6) is 1.12. The molecule has 0 bridgehead atoms. The quantitative estimate of drug-likeness (QED) is 0.917. The van der Waals surface area contributed by atoms with Gasteiger partial charge in [-0.1, -0.05) is 0 Å². The molecule has 1 aliphatic rings. The van der Waals surface area contributed by atoms with E-state index in [-0.39, 0.29) is 11.9 Å². The normalized spacial score (nSPS) is 18.3. The minimum atomic E-state index is -0.343. The van der Waals surface area contributed by atoms with Crippen molar-refractivity contribution in [3.8, 4) is 0 Å². The number of halogens is 1. The van der Waals surface area contributed by atoms with E-state index in [1.807, 2.05) is 12.1 Å². The monoisotopic (exact) mass is 278 g/mol. The third-order valence-corrected chi connectivity index (χ3v) is 3.06. The Kier molecular flexibility index (Phi) is 2.83. The van der Waals surface area contributed by atoms with Crippen LogP contribution in [0.2, 0.25) is 5.22 Å². The molecule has 98 valence electrons. The van der Waals surface area contributed by atoms with E-state index in [1.165, 1.54) is 11.9 Å². The van der Waals surface area contributed by atoms with Crippen LogP contribution in [0.4, 0.5) is 0 Å². The fraction of sp³-hybridized carbons (Fsp3) is 0.154. The molecule has 3 rings (SSSR count). The molecule has 3 heterocycles. The molecule has 1 aliphatic heterocycles. The van der Waals surface area contributed by atoms with Crippen LogP contribution < -0.4 is 5.43 Å². The molecule has 1 atom stereocenters. The first-order chi connectivity index (χ1) is 9.15. The van der Waals surface area contributed by atoms with Crippen molar-refractivity contribution in [1.82, 2.24) is 10.4 Å². The molecule has 0 saturated heterocycles. The predicted octanol–water partition coefficient (Wildman–Crippen LogP) is 2.97. The topological polar surface area (TPSA) is 58.6 Å². The van der Waals surface area contributed by atoms with Crippen molar-refractivity contribution in [2.24, 2.45) is 0 Å². The molecule has 19 heavy (non-hydrogen) atoms. The van der Waals surface area contributed by atoms with Gasteiger partial charge in [0.25, 0.3) is 0 Å². The summed E-state index contributed by atoms with van der Waals surface area (Å²) in [6, 6.07) is 6.65. The largest absolute Gasteiger partial charge is 0.463 e. The molecule has 0 spiro atoms. The van der Waals surface area contributed by atoms with Gasteiger partial charge in [0.2, 0.25) is 5.91 Å². The third kappa shape index (κ3) is 2.13. The number of hydrogen-bond acceptors (Lipinski definition) is 4. The van der Waals surface area contributed by atoms with Gasteiger partial charge >= 0.3 is 0 Å². The van der Waals surface area contributed by atoms with E-state index in [0.29, 0.717) is 16.7 Å². The molecule has 1 amide bonds. The van der Waals surface area contributed by atoms with Crippen molar-refractivity contribution in [2.75, 3.05) is 0 Å². The molecule has 0 radical (unpaired) electrons. The molecule has 2 aromatic rings. The number of furan rings is 2. The molecular formula is C13H11ClN2O3. The van der Waals surface area contributed by atoms with Gasteiger partial charge < -0.3 is 8.83 Å². The highest BCUT2D eigenvalue weighted by atomic mass is 35.5. The van der Waals surface area contributed by atoms with E-state index < -0.39 is 0 Å². The Morgan fingerprint density at radius 1 is 1.42 bits per heavy atom. The van der Waals surface area contributed by atoms with Gasteiger partial charge in [0.15, 0.2) is 11.0 Å². The van der Waals surface area contributed by atoms with E-state index in [2.05, 4.69) is 5.43 Å². The van der Waals surface area contributed by atoms with Crippen LogP contribution in [0.15, 0.2) is 45.4 Å². The van der Waals surface area contributed by atoms with Crippen molar-refractivity contribution < 1.29 is 13.6 Å². The summed E-state index contributed by atoms with van der Waals surface area (Å²) in [6.45, 7) is 1.48. The highest BCUT2D eigenvalue weighted by Gasteiger charge is 2.31. The number of amides is 1. The van der Waals surface area contributed by atoms with Crippen molar-refractivity contribution in [3.63, 3.8) is 0 Å². The Morgan fingerprint density at radius 2 is 2.26 bits per heavy atom. The molecule has 0 aromatic carbocycles. The first kappa shape index (κ1) is 11.9. The number of hydrogen-bond donors (Lipinski definition) is 1. The summed E-state index contributed by atoms with van der Waals surface area (Å²) in [7, 11) is 0. The van der Waals surface area contributed by atoms with Gasteiger partial charge in [0.1, 0.15) is 11.8 Å². The van der Waals surface area contributed by atoms with E-state index >= 15 is 0 Å². The van der Waals surface area contributed by atoms with Gasteiger partial charge in [0.05, 0.1) is 12.0 Å². The lowest BCUT2D eigenvalue weighted by molar-refractivity contribution is -0.132. The van der Waals surface area contributed by atoms with Crippen LogP contribution in [-0.4, -0.2) is 10.9 Å². The lowest BCUT2D eigenvalue weighted by Gasteiger charge is -2.21. The fourth-order valence-corrected chi connectivity index (χ4v) is 2.16. The summed E-state index contributed by atoms with van der Waals surface area (Å²) < 4.78 is 10.7. The van der Waals surface area contributed by atoms with Gasteiger partial charge in [-0.3, -0.25) is 10.2 Å². The van der Waals surface area contributed by atoms with Gasteiger partial charge in [0, 0.05) is 6.92 Å². The van der Waals surface area contributed by atoms with Crippen molar-refractivity contribution in [2.45, 2.75) is 13.0 Å². The number of carbonyl (C=O) groups excluding carboxylic acids is 1. The molecule has 6 heteroatoms. The minimum Gasteiger partial charge on any atom is -0.463 e. The summed E-state index contributed by atoms with van der Waals surface area (Å²) in [5.41, 5.74) is 3.72. The highest BCUT2D eigenvalue weighted by molar-refractivity contribution is 6.28. The van der Waals surface area contributed by atoms with Gasteiger partial charge in [-0.05, 0) is 41.9 Å². The summed E-state index contributed by atoms with van der Waals surface area (Å²) in [4.78, 5) is 11.7. The molecule has 0 saturated carbocycles. The zero-order valence-electron chi connectivity index (χ0n) is 10.1. The van der Waals surface area contributed by atoms with E-state index in [1.54, 1.807) is 24.5 Å². The predicted molar refractivity (Wildman–Crippen MR) is 68.8 cm³/mol. The van der Waals surface area contributed by atoms with Crippen LogP contribution in [-0.2, 0) is 4.79 Å². The average molecular weight is 279 g/mol. The fourth-order valence-electron chi connectivity index (χ4n) is 2.01. The molecule has 5 nitrogen and oxygen atoms in total. The van der Waals surface area contributed by atoms with Gasteiger partial charge in [-0.15, -0.1) is 0 Å². The maximum atomic E-state index is 11.7. The highest BCUT2D eigenvalue weighted by Crippen LogP contribution is 2.33. The van der Waals surface area contributed by atoms with E-state index in [0.717, 1.165) is 5.70 Å². The lowest BCUT2D eigenvalue weighted by atomic mass is 10.2. The minimum absolute atomic E-state index is 0.129. The maximum absolute atomic E-state index is 11.7. The molecule has 0 unspecified atom stereocenters. The second-order valence-electron chi connectivity index (χ2n) is 4.15. The van der Waals surface area contributed by atoms with Crippen LogP contribution in [0.5, 0.6) is 0 Å². The van der Waals surface area contributed by atoms with Crippen LogP contribution in [0.3, 0.4) is 0 Å². The zero-order valence-corrected chi connectivity index (χ0v) is 10.8. The molecule has 1 N–H and O–H groups in total. The Morgan fingerprint density at radius 3 is 2.84 bits per heavy atom. The SMILES string of the molecule is CC(=O)N1NC(c2ccco2)=C[C@@H]1c1ccc(Cl)o1. The average Bonchev–Trinajstić information content (AvgIpc) is 3.07. The molecule has 2 aromatic heterocycles. The first-order valence-corrected chi connectivity index (χ1v) is 6.10. The Labute approximate surface area is 114 Å². The molecule has 0 aliphatic carbocycles. The number of nitrogens with one attached hydrogen (secondary N) is 1. The number of carbonyl (C=O) groups is 1. The number of hydrazine groups is 1. The second kappa shape index (κ2) is 4.51. The van der Waals surface area contributed by atoms with Crippen molar-refractivity contribution in [3.05, 3.63) is 53.3 Å². The summed E-state index contributed by atoms with van der Waals surface area (Å²) in [6.07, 6.45) is 3.43. The summed E-state index contributed by atoms with van der Waals surface area (Å²) in [5, 5.41) is 1.76. The Bertz CT molecular complexity index is 630. The third-order valence-electron chi connectivity index (χ3n) is 2.85. The molecular weight excluding hydrogens is 268 g/mol. The lowest BCUT2D eigenvalue weighted by Crippen LogP contribution is -2.37. The first-order valence-electron chi connectivity index (χ1n) is 5.72. The number of nitrogens with zero attached hydrogens (tertiary/aromatic N) is 1. The smallest absolute Gasteiger partial charge is 0.238 e. The van der Waals surface area contributed by atoms with E-state index in [4.69, 9.17) is 20.4 Å². The number of rotatable bonds is 2. The molecule has 0 fully saturated rings. The van der Waals surface area contributed by atoms with Crippen LogP contribution in [0.1, 0.15) is 24.5 Å². The van der Waals surface area contributed by atoms with E-state index in [9.17, 15) is 4.79 Å². The second-order valence-corrected chi connectivity index (χ2v) is 4.52. The van der Waals surface area contributed by atoms with Crippen LogP contribution in [0.25, 0.3) is 5.70 Å². The van der Waals surface area contributed by atoms with Gasteiger partial charge in [-0.25, -0.2) is 5.01 Å². The van der Waals surface area contributed by atoms with Gasteiger partial charge in [-0.2, -0.15) is 0 Å². The summed E-state index contributed by atoms with van der Waals surface area (Å²) >= 11 is 5.77. The van der Waals surface area contributed by atoms with Crippen molar-refractivity contribution >= 4 is 23.2 Å². The Hall–Kier alpha value is -2.14. The van der Waals surface area contributed by atoms with Crippen molar-refractivity contribution in [1.29, 1.82) is 0 Å². The maximum Gasteiger partial charge on any atom is 0.238 e.